The number of piperidine rings is 1. The first-order chi connectivity index (χ1) is 14.3. The van der Waals surface area contributed by atoms with E-state index in [0.717, 1.165) is 30.7 Å². The van der Waals surface area contributed by atoms with Gasteiger partial charge in [0, 0.05) is 52.9 Å². The summed E-state index contributed by atoms with van der Waals surface area (Å²) in [5, 5.41) is 8.30. The third kappa shape index (κ3) is 5.78. The molecule has 1 aliphatic heterocycles. The minimum atomic E-state index is -0.575. The third-order valence-electron chi connectivity index (χ3n) is 4.91. The largest absolute Gasteiger partial charge is 0.375 e. The standard InChI is InChI=1S/C20H21Cl2F2N5S/c21-15-2-1-3-16(22)14(15)11-26-13-4-6-29(7-5-13)19-9-17(23)12(8-18(19)24)10-27-28-20(25)30/h1-3,8-10,13,26H,4-7,11H2,(H3,25,28,30). The van der Waals surface area contributed by atoms with E-state index in [2.05, 4.69) is 28.1 Å². The van der Waals surface area contributed by atoms with E-state index in [9.17, 15) is 8.78 Å². The van der Waals surface area contributed by atoms with Crippen LogP contribution in [0.25, 0.3) is 0 Å². The van der Waals surface area contributed by atoms with Gasteiger partial charge in [-0.05, 0) is 43.3 Å². The second kappa shape index (κ2) is 10.3. The van der Waals surface area contributed by atoms with Crippen molar-refractivity contribution in [2.45, 2.75) is 25.4 Å². The first-order valence-corrected chi connectivity index (χ1v) is 10.5. The van der Waals surface area contributed by atoms with Crippen LogP contribution in [0.3, 0.4) is 0 Å². The van der Waals surface area contributed by atoms with Crippen molar-refractivity contribution < 1.29 is 8.78 Å². The monoisotopic (exact) mass is 471 g/mol. The number of hydrazone groups is 1. The molecule has 1 heterocycles. The molecule has 0 radical (unpaired) electrons. The van der Waals surface area contributed by atoms with Crippen molar-refractivity contribution in [1.82, 2.24) is 10.7 Å². The smallest absolute Gasteiger partial charge is 0.184 e. The maximum atomic E-state index is 14.6. The number of hydrogen-bond donors (Lipinski definition) is 3. The normalized spacial score (nSPS) is 15.0. The third-order valence-corrected chi connectivity index (χ3v) is 5.71. The van der Waals surface area contributed by atoms with Gasteiger partial charge in [0.2, 0.25) is 0 Å². The molecule has 0 spiro atoms. The highest BCUT2D eigenvalue weighted by Gasteiger charge is 2.22. The molecule has 0 amide bonds. The number of rotatable bonds is 6. The SMILES string of the molecule is NC(=S)NN=Cc1cc(F)c(N2CCC(NCc3c(Cl)cccc3Cl)CC2)cc1F. The van der Waals surface area contributed by atoms with Gasteiger partial charge in [-0.25, -0.2) is 8.78 Å². The van der Waals surface area contributed by atoms with E-state index < -0.39 is 11.6 Å². The van der Waals surface area contributed by atoms with Gasteiger partial charge >= 0.3 is 0 Å². The van der Waals surface area contributed by atoms with E-state index in [1.54, 1.807) is 18.2 Å². The average molecular weight is 472 g/mol. The zero-order chi connectivity index (χ0) is 21.7. The van der Waals surface area contributed by atoms with Crippen LogP contribution < -0.4 is 21.4 Å². The lowest BCUT2D eigenvalue weighted by Gasteiger charge is -2.34. The number of nitrogens with one attached hydrogen (secondary N) is 2. The van der Waals surface area contributed by atoms with Gasteiger partial charge in [0.1, 0.15) is 11.6 Å². The zero-order valence-corrected chi connectivity index (χ0v) is 18.3. The van der Waals surface area contributed by atoms with Gasteiger partial charge in [0.25, 0.3) is 0 Å². The Kier molecular flexibility index (Phi) is 7.82. The second-order valence-electron chi connectivity index (χ2n) is 6.90. The molecule has 0 unspecified atom stereocenters. The van der Waals surface area contributed by atoms with Gasteiger partial charge in [0.15, 0.2) is 5.11 Å². The van der Waals surface area contributed by atoms with Gasteiger partial charge in [-0.3, -0.25) is 5.43 Å². The maximum Gasteiger partial charge on any atom is 0.184 e. The Morgan fingerprint density at radius 1 is 1.20 bits per heavy atom. The van der Waals surface area contributed by atoms with E-state index in [0.29, 0.717) is 29.7 Å². The predicted octanol–water partition coefficient (Wildman–Crippen LogP) is 4.20. The summed E-state index contributed by atoms with van der Waals surface area (Å²) in [5.74, 6) is -1.09. The van der Waals surface area contributed by atoms with Gasteiger partial charge < -0.3 is 16.0 Å². The van der Waals surface area contributed by atoms with Crippen LogP contribution in [0.1, 0.15) is 24.0 Å². The molecule has 1 fully saturated rings. The Hall–Kier alpha value is -2.00. The maximum absolute atomic E-state index is 14.6. The lowest BCUT2D eigenvalue weighted by molar-refractivity contribution is 0.411. The molecule has 10 heteroatoms. The van der Waals surface area contributed by atoms with Crippen LogP contribution in [0, 0.1) is 11.6 Å². The molecule has 2 aromatic carbocycles. The summed E-state index contributed by atoms with van der Waals surface area (Å²) in [7, 11) is 0. The molecule has 0 atom stereocenters. The molecule has 2 aromatic rings. The fourth-order valence-corrected chi connectivity index (χ4v) is 3.91. The summed E-state index contributed by atoms with van der Waals surface area (Å²) < 4.78 is 28.9. The topological polar surface area (TPSA) is 65.7 Å². The van der Waals surface area contributed by atoms with Crippen molar-refractivity contribution in [3.8, 4) is 0 Å². The molecule has 5 nitrogen and oxygen atoms in total. The quantitative estimate of drug-likeness (QED) is 0.334. The van der Waals surface area contributed by atoms with E-state index in [-0.39, 0.29) is 22.4 Å². The highest BCUT2D eigenvalue weighted by atomic mass is 35.5. The summed E-state index contributed by atoms with van der Waals surface area (Å²) in [6.45, 7) is 1.75. The van der Waals surface area contributed by atoms with E-state index in [4.69, 9.17) is 28.9 Å². The molecular weight excluding hydrogens is 451 g/mol. The Balaban J connectivity index is 1.59. The van der Waals surface area contributed by atoms with Crippen LogP contribution in [0.4, 0.5) is 14.5 Å². The van der Waals surface area contributed by atoms with Gasteiger partial charge in [0.05, 0.1) is 11.9 Å². The minimum Gasteiger partial charge on any atom is -0.375 e. The van der Waals surface area contributed by atoms with Gasteiger partial charge in [-0.1, -0.05) is 29.3 Å². The lowest BCUT2D eigenvalue weighted by Crippen LogP contribution is -2.42. The van der Waals surface area contributed by atoms with Crippen LogP contribution in [-0.2, 0) is 6.54 Å². The first kappa shape index (κ1) is 22.7. The van der Waals surface area contributed by atoms with Crippen molar-refractivity contribution in [3.05, 3.63) is 63.1 Å². The number of benzene rings is 2. The summed E-state index contributed by atoms with van der Waals surface area (Å²) in [6, 6.07) is 7.95. The van der Waals surface area contributed by atoms with E-state index in [1.807, 2.05) is 4.90 Å². The van der Waals surface area contributed by atoms with Crippen LogP contribution in [0.2, 0.25) is 10.0 Å². The number of nitrogens with zero attached hydrogens (tertiary/aromatic N) is 2. The molecule has 4 N–H and O–H groups in total. The fraction of sp³-hybridized carbons (Fsp3) is 0.300. The molecule has 0 aliphatic carbocycles. The van der Waals surface area contributed by atoms with Crippen molar-refractivity contribution in [2.75, 3.05) is 18.0 Å². The zero-order valence-electron chi connectivity index (χ0n) is 16.0. The highest BCUT2D eigenvalue weighted by molar-refractivity contribution is 7.80. The minimum absolute atomic E-state index is 0.00757. The molecule has 30 heavy (non-hydrogen) atoms. The van der Waals surface area contributed by atoms with Crippen LogP contribution in [-0.4, -0.2) is 30.5 Å². The van der Waals surface area contributed by atoms with Crippen molar-refractivity contribution >= 4 is 52.4 Å². The summed E-state index contributed by atoms with van der Waals surface area (Å²) in [4.78, 5) is 1.84. The summed E-state index contributed by atoms with van der Waals surface area (Å²) in [6.07, 6.45) is 2.70. The molecule has 3 rings (SSSR count). The first-order valence-electron chi connectivity index (χ1n) is 9.34. The fourth-order valence-electron chi connectivity index (χ4n) is 3.33. The predicted molar refractivity (Wildman–Crippen MR) is 122 cm³/mol. The Morgan fingerprint density at radius 3 is 2.50 bits per heavy atom. The van der Waals surface area contributed by atoms with Crippen LogP contribution >= 0.6 is 35.4 Å². The van der Waals surface area contributed by atoms with Gasteiger partial charge in [-0.2, -0.15) is 5.10 Å². The lowest BCUT2D eigenvalue weighted by atomic mass is 10.0. The van der Waals surface area contributed by atoms with E-state index >= 15 is 0 Å². The van der Waals surface area contributed by atoms with Crippen molar-refractivity contribution in [3.63, 3.8) is 0 Å². The summed E-state index contributed by atoms with van der Waals surface area (Å²) >= 11 is 17.0. The summed E-state index contributed by atoms with van der Waals surface area (Å²) in [5.41, 5.74) is 8.65. The number of nitrogens with two attached hydrogens (primary N) is 1. The molecule has 1 aliphatic rings. The average Bonchev–Trinajstić information content (AvgIpc) is 2.70. The number of halogens is 4. The van der Waals surface area contributed by atoms with Gasteiger partial charge in [-0.15, -0.1) is 0 Å². The molecule has 160 valence electrons. The Morgan fingerprint density at radius 2 is 1.87 bits per heavy atom. The molecule has 0 bridgehead atoms. The number of anilines is 1. The van der Waals surface area contributed by atoms with Crippen LogP contribution in [0.15, 0.2) is 35.4 Å². The van der Waals surface area contributed by atoms with Crippen LogP contribution in [0.5, 0.6) is 0 Å². The Bertz CT molecular complexity index is 929. The number of thiocarbonyl (C=S) groups is 1. The molecule has 1 saturated heterocycles. The highest BCUT2D eigenvalue weighted by Crippen LogP contribution is 2.27. The molecule has 0 aromatic heterocycles. The Labute approximate surface area is 189 Å². The van der Waals surface area contributed by atoms with E-state index in [1.165, 1.54) is 6.07 Å². The molecular formula is C20H21Cl2F2N5S. The number of hydrogen-bond acceptors (Lipinski definition) is 4. The second-order valence-corrected chi connectivity index (χ2v) is 8.16. The molecule has 0 saturated carbocycles. The van der Waals surface area contributed by atoms with Crippen molar-refractivity contribution in [2.24, 2.45) is 10.8 Å². The van der Waals surface area contributed by atoms with Crippen molar-refractivity contribution in [1.29, 1.82) is 0 Å².